The highest BCUT2D eigenvalue weighted by Crippen LogP contribution is 2.49. The van der Waals surface area contributed by atoms with Crippen LogP contribution in [0.25, 0.3) is 0 Å². The Morgan fingerprint density at radius 2 is 2.21 bits per heavy atom. The minimum absolute atomic E-state index is 0.0713. The molecule has 0 aromatic carbocycles. The SMILES string of the molecule is C=C[C@@H]1C[C@]2(OC)CCCC[C@]2(O)O1. The Morgan fingerprint density at radius 3 is 2.79 bits per heavy atom. The minimum atomic E-state index is -1.08. The van der Waals surface area contributed by atoms with E-state index in [1.807, 2.05) is 0 Å². The van der Waals surface area contributed by atoms with Gasteiger partial charge in [-0.3, -0.25) is 0 Å². The molecule has 3 heteroatoms. The Hall–Kier alpha value is -0.380. The molecule has 0 radical (unpaired) electrons. The molecule has 2 rings (SSSR count). The van der Waals surface area contributed by atoms with Crippen LogP contribution in [-0.4, -0.2) is 29.7 Å². The van der Waals surface area contributed by atoms with Crippen molar-refractivity contribution in [2.24, 2.45) is 0 Å². The summed E-state index contributed by atoms with van der Waals surface area (Å²) >= 11 is 0. The normalized spacial score (nSPS) is 47.4. The van der Waals surface area contributed by atoms with Gasteiger partial charge in [-0.05, 0) is 12.8 Å². The predicted molar refractivity (Wildman–Crippen MR) is 52.8 cm³/mol. The molecule has 1 N–H and O–H groups in total. The van der Waals surface area contributed by atoms with Crippen LogP contribution >= 0.6 is 0 Å². The molecule has 2 aliphatic rings. The fourth-order valence-electron chi connectivity index (χ4n) is 2.72. The van der Waals surface area contributed by atoms with Crippen molar-refractivity contribution < 1.29 is 14.6 Å². The lowest BCUT2D eigenvalue weighted by atomic mass is 9.78. The van der Waals surface area contributed by atoms with Gasteiger partial charge in [-0.25, -0.2) is 0 Å². The molecule has 0 unspecified atom stereocenters. The summed E-state index contributed by atoms with van der Waals surface area (Å²) in [6.07, 6.45) is 6.06. The summed E-state index contributed by atoms with van der Waals surface area (Å²) in [5.74, 6) is -1.08. The van der Waals surface area contributed by atoms with Gasteiger partial charge >= 0.3 is 0 Å². The monoisotopic (exact) mass is 198 g/mol. The Labute approximate surface area is 84.7 Å². The fraction of sp³-hybridized carbons (Fsp3) is 0.818. The lowest BCUT2D eigenvalue weighted by molar-refractivity contribution is -0.281. The van der Waals surface area contributed by atoms with Crippen LogP contribution in [0.3, 0.4) is 0 Å². The number of aliphatic hydroxyl groups is 1. The minimum Gasteiger partial charge on any atom is -0.373 e. The summed E-state index contributed by atoms with van der Waals surface area (Å²) in [5.41, 5.74) is -0.496. The van der Waals surface area contributed by atoms with Crippen LogP contribution in [0.2, 0.25) is 0 Å². The first-order valence-corrected chi connectivity index (χ1v) is 5.24. The highest BCUT2D eigenvalue weighted by molar-refractivity contribution is 5.08. The zero-order chi connectivity index (χ0) is 10.2. The zero-order valence-electron chi connectivity index (χ0n) is 8.66. The van der Waals surface area contributed by atoms with Crippen LogP contribution in [0.5, 0.6) is 0 Å². The van der Waals surface area contributed by atoms with Crippen molar-refractivity contribution in [1.29, 1.82) is 0 Å². The lowest BCUT2D eigenvalue weighted by Crippen LogP contribution is -2.54. The summed E-state index contributed by atoms with van der Waals surface area (Å²) in [4.78, 5) is 0. The lowest BCUT2D eigenvalue weighted by Gasteiger charge is -2.42. The summed E-state index contributed by atoms with van der Waals surface area (Å²) in [7, 11) is 1.66. The van der Waals surface area contributed by atoms with E-state index in [1.165, 1.54) is 0 Å². The van der Waals surface area contributed by atoms with Gasteiger partial charge in [-0.15, -0.1) is 6.58 Å². The zero-order valence-corrected chi connectivity index (χ0v) is 8.66. The molecule has 0 spiro atoms. The number of ether oxygens (including phenoxy) is 2. The average molecular weight is 198 g/mol. The van der Waals surface area contributed by atoms with E-state index in [9.17, 15) is 5.11 Å². The summed E-state index contributed by atoms with van der Waals surface area (Å²) < 4.78 is 11.1. The molecule has 1 aliphatic carbocycles. The third-order valence-corrected chi connectivity index (χ3v) is 3.59. The molecule has 0 bridgehead atoms. The molecule has 3 nitrogen and oxygen atoms in total. The Morgan fingerprint density at radius 1 is 1.50 bits per heavy atom. The third kappa shape index (κ3) is 1.23. The quantitative estimate of drug-likeness (QED) is 0.685. The summed E-state index contributed by atoms with van der Waals surface area (Å²) in [6.45, 7) is 3.71. The van der Waals surface area contributed by atoms with Gasteiger partial charge in [0.05, 0.1) is 6.10 Å². The van der Waals surface area contributed by atoms with Crippen molar-refractivity contribution >= 4 is 0 Å². The molecular formula is C11H18O3. The van der Waals surface area contributed by atoms with Crippen LogP contribution in [0, 0.1) is 0 Å². The maximum atomic E-state index is 10.4. The largest absolute Gasteiger partial charge is 0.373 e. The molecule has 14 heavy (non-hydrogen) atoms. The number of rotatable bonds is 2. The molecule has 80 valence electrons. The summed E-state index contributed by atoms with van der Waals surface area (Å²) in [6, 6.07) is 0. The van der Waals surface area contributed by atoms with E-state index in [2.05, 4.69) is 6.58 Å². The van der Waals surface area contributed by atoms with E-state index in [4.69, 9.17) is 9.47 Å². The van der Waals surface area contributed by atoms with Crippen LogP contribution in [-0.2, 0) is 9.47 Å². The molecule has 2 fully saturated rings. The Bertz CT molecular complexity index is 241. The van der Waals surface area contributed by atoms with Gasteiger partial charge in [0.25, 0.3) is 0 Å². The first-order chi connectivity index (χ1) is 6.66. The second kappa shape index (κ2) is 3.33. The molecule has 1 saturated heterocycles. The molecule has 3 atom stereocenters. The fourth-order valence-corrected chi connectivity index (χ4v) is 2.72. The average Bonchev–Trinajstić information content (AvgIpc) is 2.51. The highest BCUT2D eigenvalue weighted by atomic mass is 16.7. The maximum Gasteiger partial charge on any atom is 0.195 e. The number of hydrogen-bond donors (Lipinski definition) is 1. The van der Waals surface area contributed by atoms with Crippen molar-refractivity contribution in [3.8, 4) is 0 Å². The van der Waals surface area contributed by atoms with Crippen LogP contribution in [0.4, 0.5) is 0 Å². The second-order valence-corrected chi connectivity index (χ2v) is 4.29. The standard InChI is InChI=1S/C11H18O3/c1-3-9-8-10(13-2)6-4-5-7-11(10,12)14-9/h3,9,12H,1,4-8H2,2H3/t9-,10-,11+/m1/s1. The first-order valence-electron chi connectivity index (χ1n) is 5.24. The number of hydrogen-bond acceptors (Lipinski definition) is 3. The number of fused-ring (bicyclic) bond motifs is 1. The van der Waals surface area contributed by atoms with Crippen LogP contribution in [0.15, 0.2) is 12.7 Å². The van der Waals surface area contributed by atoms with Gasteiger partial charge < -0.3 is 14.6 Å². The van der Waals surface area contributed by atoms with Gasteiger partial charge in [-0.2, -0.15) is 0 Å². The Balaban J connectivity index is 2.27. The third-order valence-electron chi connectivity index (χ3n) is 3.59. The van der Waals surface area contributed by atoms with Gasteiger partial charge in [0.2, 0.25) is 0 Å². The predicted octanol–water partition coefficient (Wildman–Crippen LogP) is 1.61. The molecular weight excluding hydrogens is 180 g/mol. The van der Waals surface area contributed by atoms with Crippen molar-refractivity contribution in [2.75, 3.05) is 7.11 Å². The molecule has 0 aromatic heterocycles. The molecule has 0 amide bonds. The van der Waals surface area contributed by atoms with Gasteiger partial charge in [0, 0.05) is 20.0 Å². The topological polar surface area (TPSA) is 38.7 Å². The van der Waals surface area contributed by atoms with E-state index in [-0.39, 0.29) is 6.10 Å². The van der Waals surface area contributed by atoms with Crippen LogP contribution in [0.1, 0.15) is 32.1 Å². The highest BCUT2D eigenvalue weighted by Gasteiger charge is 2.59. The first kappa shape index (κ1) is 10.1. The van der Waals surface area contributed by atoms with Gasteiger partial charge in [-0.1, -0.05) is 12.5 Å². The smallest absolute Gasteiger partial charge is 0.195 e. The van der Waals surface area contributed by atoms with E-state index in [0.29, 0.717) is 6.42 Å². The van der Waals surface area contributed by atoms with Gasteiger partial charge in [0.15, 0.2) is 5.79 Å². The van der Waals surface area contributed by atoms with Gasteiger partial charge in [0.1, 0.15) is 5.60 Å². The molecule has 1 aliphatic heterocycles. The maximum absolute atomic E-state index is 10.4. The van der Waals surface area contributed by atoms with E-state index in [0.717, 1.165) is 25.7 Å². The Kier molecular flexibility index (Phi) is 2.41. The summed E-state index contributed by atoms with van der Waals surface area (Å²) in [5, 5.41) is 10.4. The van der Waals surface area contributed by atoms with Crippen molar-refractivity contribution in [3.63, 3.8) is 0 Å². The van der Waals surface area contributed by atoms with E-state index >= 15 is 0 Å². The second-order valence-electron chi connectivity index (χ2n) is 4.29. The molecule has 1 heterocycles. The molecule has 1 saturated carbocycles. The van der Waals surface area contributed by atoms with E-state index in [1.54, 1.807) is 13.2 Å². The van der Waals surface area contributed by atoms with Crippen molar-refractivity contribution in [1.82, 2.24) is 0 Å². The van der Waals surface area contributed by atoms with Crippen molar-refractivity contribution in [3.05, 3.63) is 12.7 Å². The number of methoxy groups -OCH3 is 1. The molecule has 0 aromatic rings. The van der Waals surface area contributed by atoms with E-state index < -0.39 is 11.4 Å². The van der Waals surface area contributed by atoms with Crippen molar-refractivity contribution in [2.45, 2.75) is 49.6 Å². The van der Waals surface area contributed by atoms with Crippen LogP contribution < -0.4 is 0 Å².